The zero-order valence-electron chi connectivity index (χ0n) is 9.15. The van der Waals surface area contributed by atoms with E-state index < -0.39 is 0 Å². The molecule has 1 N–H and O–H groups in total. The molecular weight excluding hydrogens is 315 g/mol. The van der Waals surface area contributed by atoms with Gasteiger partial charge in [0.15, 0.2) is 4.77 Å². The van der Waals surface area contributed by atoms with Crippen molar-refractivity contribution in [3.8, 4) is 5.69 Å². The molecule has 0 aliphatic rings. The maximum atomic E-state index is 12.9. The molecule has 0 amide bonds. The van der Waals surface area contributed by atoms with Crippen LogP contribution in [0, 0.1) is 10.6 Å². The van der Waals surface area contributed by atoms with Gasteiger partial charge in [0.2, 0.25) is 0 Å². The van der Waals surface area contributed by atoms with Crippen LogP contribution in [0.4, 0.5) is 4.39 Å². The molecule has 2 nitrogen and oxygen atoms in total. The normalized spacial score (nSPS) is 11.0. The Kier molecular flexibility index (Phi) is 2.80. The van der Waals surface area contributed by atoms with E-state index in [4.69, 9.17) is 12.2 Å². The second-order valence-electron chi connectivity index (χ2n) is 3.90. The molecule has 0 fully saturated rings. The predicted octanol–water partition coefficient (Wildman–Crippen LogP) is 4.59. The second kappa shape index (κ2) is 4.33. The molecule has 0 unspecified atom stereocenters. The molecule has 2 aromatic carbocycles. The van der Waals surface area contributed by atoms with Crippen molar-refractivity contribution in [1.82, 2.24) is 9.55 Å². The summed E-state index contributed by atoms with van der Waals surface area (Å²) in [5.41, 5.74) is 2.75. The largest absolute Gasteiger partial charge is 0.330 e. The van der Waals surface area contributed by atoms with E-state index in [1.165, 1.54) is 12.1 Å². The molecule has 90 valence electrons. The number of hydrogen-bond acceptors (Lipinski definition) is 1. The number of fused-ring (bicyclic) bond motifs is 1. The number of aromatic nitrogens is 2. The van der Waals surface area contributed by atoms with Crippen LogP contribution in [0.3, 0.4) is 0 Å². The average Bonchev–Trinajstić information content (AvgIpc) is 2.65. The zero-order chi connectivity index (χ0) is 12.7. The van der Waals surface area contributed by atoms with E-state index in [9.17, 15) is 4.39 Å². The van der Waals surface area contributed by atoms with Gasteiger partial charge in [-0.1, -0.05) is 15.9 Å². The molecular formula is C13H8BrFN2S. The molecule has 0 saturated carbocycles. The van der Waals surface area contributed by atoms with Gasteiger partial charge in [0.25, 0.3) is 0 Å². The molecule has 18 heavy (non-hydrogen) atoms. The van der Waals surface area contributed by atoms with Crippen LogP contribution in [0.1, 0.15) is 0 Å². The molecule has 0 bridgehead atoms. The molecule has 3 rings (SSSR count). The Balaban J connectivity index is 2.32. The maximum absolute atomic E-state index is 12.9. The highest BCUT2D eigenvalue weighted by molar-refractivity contribution is 9.10. The molecule has 0 radical (unpaired) electrons. The Morgan fingerprint density at radius 1 is 1.11 bits per heavy atom. The van der Waals surface area contributed by atoms with Gasteiger partial charge in [0, 0.05) is 10.2 Å². The van der Waals surface area contributed by atoms with Gasteiger partial charge in [-0.25, -0.2) is 4.39 Å². The zero-order valence-corrected chi connectivity index (χ0v) is 11.6. The number of imidazole rings is 1. The molecule has 0 aliphatic carbocycles. The highest BCUT2D eigenvalue weighted by atomic mass is 79.9. The van der Waals surface area contributed by atoms with Crippen LogP contribution < -0.4 is 0 Å². The van der Waals surface area contributed by atoms with E-state index in [-0.39, 0.29) is 5.82 Å². The van der Waals surface area contributed by atoms with Crippen LogP contribution in [0.15, 0.2) is 46.9 Å². The lowest BCUT2D eigenvalue weighted by Crippen LogP contribution is -1.93. The summed E-state index contributed by atoms with van der Waals surface area (Å²) in [5.74, 6) is -0.257. The van der Waals surface area contributed by atoms with Gasteiger partial charge >= 0.3 is 0 Å². The Labute approximate surface area is 116 Å². The number of rotatable bonds is 1. The minimum Gasteiger partial charge on any atom is -0.330 e. The first kappa shape index (κ1) is 11.6. The van der Waals surface area contributed by atoms with Gasteiger partial charge in [-0.05, 0) is 54.7 Å². The summed E-state index contributed by atoms with van der Waals surface area (Å²) in [7, 11) is 0. The number of benzene rings is 2. The van der Waals surface area contributed by atoms with Crippen LogP contribution in [0.25, 0.3) is 16.7 Å². The average molecular weight is 323 g/mol. The van der Waals surface area contributed by atoms with E-state index in [1.807, 2.05) is 22.8 Å². The summed E-state index contributed by atoms with van der Waals surface area (Å²) in [6.07, 6.45) is 0. The summed E-state index contributed by atoms with van der Waals surface area (Å²) >= 11 is 8.73. The highest BCUT2D eigenvalue weighted by Gasteiger charge is 2.06. The van der Waals surface area contributed by atoms with E-state index in [1.54, 1.807) is 12.1 Å². The fourth-order valence-corrected chi connectivity index (χ4v) is 2.61. The van der Waals surface area contributed by atoms with Crippen LogP contribution in [-0.4, -0.2) is 9.55 Å². The standard InChI is InChI=1S/C13H8BrFN2S/c14-8-1-6-12-11(7-8)16-13(18)17(12)10-4-2-9(15)3-5-10/h1-7H,(H,16,18). The summed E-state index contributed by atoms with van der Waals surface area (Å²) in [6.45, 7) is 0. The summed E-state index contributed by atoms with van der Waals surface area (Å²) in [6, 6.07) is 12.1. The minimum absolute atomic E-state index is 0.257. The van der Waals surface area contributed by atoms with Crippen molar-refractivity contribution in [3.05, 3.63) is 57.5 Å². The Bertz CT molecular complexity index is 774. The summed E-state index contributed by atoms with van der Waals surface area (Å²) in [5, 5.41) is 0. The van der Waals surface area contributed by atoms with Crippen molar-refractivity contribution < 1.29 is 4.39 Å². The SMILES string of the molecule is Fc1ccc(-n2c(=S)[nH]c3cc(Br)ccc32)cc1. The molecule has 1 aromatic heterocycles. The molecule has 5 heteroatoms. The van der Waals surface area contributed by atoms with Gasteiger partial charge < -0.3 is 4.98 Å². The number of aromatic amines is 1. The Morgan fingerprint density at radius 2 is 1.83 bits per heavy atom. The molecule has 3 aromatic rings. The fraction of sp³-hybridized carbons (Fsp3) is 0. The number of H-pyrrole nitrogens is 1. The van der Waals surface area contributed by atoms with Gasteiger partial charge in [-0.3, -0.25) is 4.57 Å². The van der Waals surface area contributed by atoms with E-state index in [0.29, 0.717) is 4.77 Å². The summed E-state index contributed by atoms with van der Waals surface area (Å²) in [4.78, 5) is 3.14. The van der Waals surface area contributed by atoms with Crippen LogP contribution in [0.5, 0.6) is 0 Å². The predicted molar refractivity (Wildman–Crippen MR) is 76.1 cm³/mol. The lowest BCUT2D eigenvalue weighted by atomic mass is 10.3. The molecule has 0 atom stereocenters. The second-order valence-corrected chi connectivity index (χ2v) is 5.21. The van der Waals surface area contributed by atoms with Gasteiger partial charge in [0.1, 0.15) is 5.82 Å². The van der Waals surface area contributed by atoms with Crippen molar-refractivity contribution in [2.75, 3.05) is 0 Å². The third kappa shape index (κ3) is 1.89. The fourth-order valence-electron chi connectivity index (χ4n) is 1.93. The third-order valence-electron chi connectivity index (χ3n) is 2.73. The summed E-state index contributed by atoms with van der Waals surface area (Å²) < 4.78 is 16.4. The van der Waals surface area contributed by atoms with Crippen molar-refractivity contribution in [3.63, 3.8) is 0 Å². The number of halogens is 2. The van der Waals surface area contributed by atoms with E-state index >= 15 is 0 Å². The van der Waals surface area contributed by atoms with Gasteiger partial charge in [-0.2, -0.15) is 0 Å². The minimum atomic E-state index is -0.257. The van der Waals surface area contributed by atoms with Crippen molar-refractivity contribution in [2.24, 2.45) is 0 Å². The number of nitrogens with one attached hydrogen (secondary N) is 1. The lowest BCUT2D eigenvalue weighted by molar-refractivity contribution is 0.627. The first-order valence-corrected chi connectivity index (χ1v) is 6.51. The Hall–Kier alpha value is -1.46. The topological polar surface area (TPSA) is 20.7 Å². The first-order chi connectivity index (χ1) is 8.65. The number of hydrogen-bond donors (Lipinski definition) is 1. The first-order valence-electron chi connectivity index (χ1n) is 5.31. The number of nitrogens with zero attached hydrogens (tertiary/aromatic N) is 1. The monoisotopic (exact) mass is 322 g/mol. The lowest BCUT2D eigenvalue weighted by Gasteiger charge is -2.04. The van der Waals surface area contributed by atoms with E-state index in [2.05, 4.69) is 20.9 Å². The van der Waals surface area contributed by atoms with Crippen LogP contribution >= 0.6 is 28.1 Å². The quantitative estimate of drug-likeness (QED) is 0.650. The molecule has 0 spiro atoms. The van der Waals surface area contributed by atoms with Crippen LogP contribution in [-0.2, 0) is 0 Å². The van der Waals surface area contributed by atoms with Crippen molar-refractivity contribution in [1.29, 1.82) is 0 Å². The smallest absolute Gasteiger partial charge is 0.182 e. The van der Waals surface area contributed by atoms with E-state index in [0.717, 1.165) is 21.2 Å². The third-order valence-corrected chi connectivity index (χ3v) is 3.51. The van der Waals surface area contributed by atoms with Crippen molar-refractivity contribution >= 4 is 39.2 Å². The van der Waals surface area contributed by atoms with Gasteiger partial charge in [0.05, 0.1) is 11.0 Å². The highest BCUT2D eigenvalue weighted by Crippen LogP contribution is 2.22. The molecule has 0 saturated heterocycles. The van der Waals surface area contributed by atoms with Crippen LogP contribution in [0.2, 0.25) is 0 Å². The molecule has 1 heterocycles. The molecule has 0 aliphatic heterocycles. The Morgan fingerprint density at radius 3 is 2.56 bits per heavy atom. The van der Waals surface area contributed by atoms with Crippen molar-refractivity contribution in [2.45, 2.75) is 0 Å². The van der Waals surface area contributed by atoms with Gasteiger partial charge in [-0.15, -0.1) is 0 Å². The maximum Gasteiger partial charge on any atom is 0.182 e.